The number of nitrogens with one attached hydrogen (secondary N) is 1. The van der Waals surface area contributed by atoms with Crippen molar-refractivity contribution in [1.82, 2.24) is 9.88 Å². The monoisotopic (exact) mass is 339 g/mol. The van der Waals surface area contributed by atoms with Crippen molar-refractivity contribution in [2.75, 3.05) is 31.4 Å². The van der Waals surface area contributed by atoms with Crippen molar-refractivity contribution in [1.29, 1.82) is 0 Å². The average molecular weight is 339 g/mol. The second kappa shape index (κ2) is 7.29. The summed E-state index contributed by atoms with van der Waals surface area (Å²) in [5.74, 6) is 0.438. The Hall–Kier alpha value is -1.63. The molecule has 7 heteroatoms. The molecule has 1 saturated carbocycles. The van der Waals surface area contributed by atoms with Crippen molar-refractivity contribution in [2.45, 2.75) is 31.7 Å². The Morgan fingerprint density at radius 3 is 2.52 bits per heavy atom. The minimum absolute atomic E-state index is 0.120. The van der Waals surface area contributed by atoms with E-state index < -0.39 is 9.84 Å². The lowest BCUT2D eigenvalue weighted by Crippen LogP contribution is -2.29. The minimum Gasteiger partial charge on any atom is -0.382 e. The molecule has 2 rings (SSSR count). The summed E-state index contributed by atoms with van der Waals surface area (Å²) in [5, 5.41) is 3.44. The zero-order valence-corrected chi connectivity index (χ0v) is 14.8. The van der Waals surface area contributed by atoms with Gasteiger partial charge in [0, 0.05) is 38.3 Å². The molecular formula is C16H25N3O3S. The lowest BCUT2D eigenvalue weighted by molar-refractivity contribution is 0.0822. The maximum atomic E-state index is 11.9. The topological polar surface area (TPSA) is 79.4 Å². The molecule has 1 aromatic rings. The number of anilines is 1. The first-order valence-corrected chi connectivity index (χ1v) is 9.92. The third-order valence-electron chi connectivity index (χ3n) is 4.14. The number of aromatic nitrogens is 1. The summed E-state index contributed by atoms with van der Waals surface area (Å²) in [6, 6.07) is 3.94. The molecule has 0 radical (unpaired) electrons. The molecule has 0 aliphatic heterocycles. The number of hydrogen-bond donors (Lipinski definition) is 1. The molecule has 1 aromatic heterocycles. The van der Waals surface area contributed by atoms with Gasteiger partial charge >= 0.3 is 0 Å². The molecule has 0 unspecified atom stereocenters. The molecule has 1 aliphatic carbocycles. The predicted molar refractivity (Wildman–Crippen MR) is 91.3 cm³/mol. The lowest BCUT2D eigenvalue weighted by Gasteiger charge is -2.29. The number of pyridine rings is 1. The van der Waals surface area contributed by atoms with Crippen molar-refractivity contribution in [3.05, 3.63) is 24.0 Å². The fraction of sp³-hybridized carbons (Fsp3) is 0.625. The van der Waals surface area contributed by atoms with Crippen molar-refractivity contribution in [3.8, 4) is 0 Å². The van der Waals surface area contributed by atoms with Crippen molar-refractivity contribution in [2.24, 2.45) is 5.92 Å². The summed E-state index contributed by atoms with van der Waals surface area (Å²) in [6.07, 6.45) is 6.66. The van der Waals surface area contributed by atoms with Gasteiger partial charge < -0.3 is 10.2 Å². The van der Waals surface area contributed by atoms with Gasteiger partial charge in [0.15, 0.2) is 0 Å². The first-order chi connectivity index (χ1) is 10.7. The van der Waals surface area contributed by atoms with Crippen LogP contribution in [0.4, 0.5) is 5.69 Å². The minimum atomic E-state index is -2.89. The van der Waals surface area contributed by atoms with Crippen LogP contribution in [0.1, 0.15) is 36.2 Å². The number of sulfone groups is 1. The van der Waals surface area contributed by atoms with E-state index in [1.807, 2.05) is 6.07 Å². The molecule has 0 spiro atoms. The van der Waals surface area contributed by atoms with E-state index in [1.165, 1.54) is 11.2 Å². The quantitative estimate of drug-likeness (QED) is 0.885. The van der Waals surface area contributed by atoms with Gasteiger partial charge in [0.1, 0.15) is 15.5 Å². The van der Waals surface area contributed by atoms with Crippen molar-refractivity contribution < 1.29 is 13.2 Å². The fourth-order valence-corrected chi connectivity index (χ4v) is 4.19. The fourth-order valence-electron chi connectivity index (χ4n) is 3.00. The van der Waals surface area contributed by atoms with E-state index in [1.54, 1.807) is 26.4 Å². The predicted octanol–water partition coefficient (Wildman–Crippen LogP) is 1.80. The average Bonchev–Trinajstić information content (AvgIpc) is 2.47. The summed E-state index contributed by atoms with van der Waals surface area (Å²) in [4.78, 5) is 17.6. The second-order valence-electron chi connectivity index (χ2n) is 6.58. The number of carbonyl (C=O) groups is 1. The van der Waals surface area contributed by atoms with Crippen LogP contribution >= 0.6 is 0 Å². The number of nitrogens with zero attached hydrogens (tertiary/aromatic N) is 2. The lowest BCUT2D eigenvalue weighted by atomic mass is 9.87. The Labute approximate surface area is 138 Å². The van der Waals surface area contributed by atoms with E-state index >= 15 is 0 Å². The molecular weight excluding hydrogens is 314 g/mol. The van der Waals surface area contributed by atoms with Gasteiger partial charge in [0.25, 0.3) is 5.91 Å². The van der Waals surface area contributed by atoms with E-state index in [0.717, 1.165) is 31.4 Å². The molecule has 1 amide bonds. The molecule has 0 atom stereocenters. The van der Waals surface area contributed by atoms with Crippen LogP contribution in [0.5, 0.6) is 0 Å². The van der Waals surface area contributed by atoms with Gasteiger partial charge in [-0.25, -0.2) is 8.42 Å². The Kier molecular flexibility index (Phi) is 5.62. The summed E-state index contributed by atoms with van der Waals surface area (Å²) in [7, 11) is 0.509. The molecule has 1 heterocycles. The summed E-state index contributed by atoms with van der Waals surface area (Å²) < 4.78 is 22.7. The summed E-state index contributed by atoms with van der Waals surface area (Å²) in [6.45, 7) is 0. The van der Waals surface area contributed by atoms with Crippen LogP contribution in [0.25, 0.3) is 0 Å². The van der Waals surface area contributed by atoms with Crippen LogP contribution in [-0.4, -0.2) is 56.4 Å². The first-order valence-electron chi connectivity index (χ1n) is 7.86. The highest BCUT2D eigenvalue weighted by Crippen LogP contribution is 2.27. The van der Waals surface area contributed by atoms with E-state index in [9.17, 15) is 13.2 Å². The Morgan fingerprint density at radius 2 is 1.96 bits per heavy atom. The van der Waals surface area contributed by atoms with E-state index in [-0.39, 0.29) is 17.6 Å². The van der Waals surface area contributed by atoms with Crippen LogP contribution in [0, 0.1) is 5.92 Å². The first kappa shape index (κ1) is 17.7. The highest BCUT2D eigenvalue weighted by atomic mass is 32.2. The third kappa shape index (κ3) is 5.49. The van der Waals surface area contributed by atoms with Crippen LogP contribution in [0.2, 0.25) is 0 Å². The Morgan fingerprint density at radius 1 is 1.30 bits per heavy atom. The number of amides is 1. The normalized spacial score (nSPS) is 21.7. The van der Waals surface area contributed by atoms with Crippen LogP contribution < -0.4 is 5.32 Å². The maximum Gasteiger partial charge on any atom is 0.272 e. The van der Waals surface area contributed by atoms with Gasteiger partial charge in [-0.1, -0.05) is 0 Å². The molecule has 1 fully saturated rings. The molecule has 1 aliphatic rings. The van der Waals surface area contributed by atoms with Gasteiger partial charge in [-0.05, 0) is 43.7 Å². The SMILES string of the molecule is CN(C)C(=O)c1cc(NC2CCC(CS(C)(=O)=O)CC2)ccn1. The Bertz CT molecular complexity index is 650. The molecule has 0 bridgehead atoms. The van der Waals surface area contributed by atoms with Crippen LogP contribution in [0.3, 0.4) is 0 Å². The zero-order chi connectivity index (χ0) is 17.0. The van der Waals surface area contributed by atoms with Gasteiger partial charge in [-0.3, -0.25) is 9.78 Å². The highest BCUT2D eigenvalue weighted by Gasteiger charge is 2.24. The Balaban J connectivity index is 1.92. The summed E-state index contributed by atoms with van der Waals surface area (Å²) in [5.41, 5.74) is 1.31. The molecule has 6 nitrogen and oxygen atoms in total. The second-order valence-corrected chi connectivity index (χ2v) is 8.77. The molecule has 128 valence electrons. The van der Waals surface area contributed by atoms with E-state index in [0.29, 0.717) is 11.7 Å². The standard InChI is InChI=1S/C16H25N3O3S/c1-19(2)16(20)15-10-14(8-9-17-15)18-13-6-4-12(5-7-13)11-23(3,21)22/h8-10,12-13H,4-7,11H2,1-3H3,(H,17,18). The van der Waals surface area contributed by atoms with Gasteiger partial charge in [-0.2, -0.15) is 0 Å². The van der Waals surface area contributed by atoms with Gasteiger partial charge in [-0.15, -0.1) is 0 Å². The molecule has 0 aromatic carbocycles. The van der Waals surface area contributed by atoms with Crippen molar-refractivity contribution >= 4 is 21.4 Å². The van der Waals surface area contributed by atoms with E-state index in [2.05, 4.69) is 10.3 Å². The highest BCUT2D eigenvalue weighted by molar-refractivity contribution is 7.90. The smallest absolute Gasteiger partial charge is 0.272 e. The summed E-state index contributed by atoms with van der Waals surface area (Å²) >= 11 is 0. The van der Waals surface area contributed by atoms with Crippen LogP contribution in [0.15, 0.2) is 18.3 Å². The molecule has 23 heavy (non-hydrogen) atoms. The van der Waals surface area contributed by atoms with Gasteiger partial charge in [0.2, 0.25) is 0 Å². The third-order valence-corrected chi connectivity index (χ3v) is 5.22. The number of hydrogen-bond acceptors (Lipinski definition) is 5. The number of carbonyl (C=O) groups excluding carboxylic acids is 1. The van der Waals surface area contributed by atoms with E-state index in [4.69, 9.17) is 0 Å². The maximum absolute atomic E-state index is 11.9. The molecule has 0 saturated heterocycles. The largest absolute Gasteiger partial charge is 0.382 e. The van der Waals surface area contributed by atoms with Crippen molar-refractivity contribution in [3.63, 3.8) is 0 Å². The zero-order valence-electron chi connectivity index (χ0n) is 13.9. The van der Waals surface area contributed by atoms with Crippen LogP contribution in [-0.2, 0) is 9.84 Å². The number of rotatable bonds is 5. The molecule has 1 N–H and O–H groups in total. The van der Waals surface area contributed by atoms with Gasteiger partial charge in [0.05, 0.1) is 5.75 Å².